The molecule has 8 heteroatoms. The molecular formula is C11H10Cl2FNO3S. The molecule has 0 heterocycles. The first-order valence-corrected chi connectivity index (χ1v) is 8.11. The Labute approximate surface area is 119 Å². The summed E-state index contributed by atoms with van der Waals surface area (Å²) in [6.07, 6.45) is 1.74. The Hall–Kier alpha value is -0.850. The lowest BCUT2D eigenvalue weighted by Gasteiger charge is -2.17. The van der Waals surface area contributed by atoms with Crippen LogP contribution in [0.2, 0.25) is 5.02 Å². The molecule has 0 N–H and O–H groups in total. The van der Waals surface area contributed by atoms with Gasteiger partial charge in [0.25, 0.3) is 15.0 Å². The fourth-order valence-corrected chi connectivity index (χ4v) is 2.64. The highest BCUT2D eigenvalue weighted by Gasteiger charge is 2.32. The van der Waals surface area contributed by atoms with Crippen LogP contribution in [0, 0.1) is 5.82 Å². The predicted octanol–water partition coefficient (Wildman–Crippen LogP) is 2.64. The number of amides is 1. The summed E-state index contributed by atoms with van der Waals surface area (Å²) in [7, 11) is 2.59. The number of carbonyl (C=O) groups excluding carboxylic acids is 1. The van der Waals surface area contributed by atoms with E-state index in [9.17, 15) is 17.6 Å². The molecule has 1 amide bonds. The SMILES string of the molecule is CN(C(=O)c1cc(S(=O)(=O)Cl)cc(F)c1Cl)C1CC1. The largest absolute Gasteiger partial charge is 0.339 e. The Morgan fingerprint density at radius 2 is 2.00 bits per heavy atom. The van der Waals surface area contributed by atoms with Crippen molar-refractivity contribution in [3.63, 3.8) is 0 Å². The van der Waals surface area contributed by atoms with Crippen molar-refractivity contribution < 1.29 is 17.6 Å². The molecular weight excluding hydrogens is 316 g/mol. The van der Waals surface area contributed by atoms with Crippen LogP contribution in [0.25, 0.3) is 0 Å². The molecule has 104 valence electrons. The molecule has 1 aromatic carbocycles. The Morgan fingerprint density at radius 1 is 1.42 bits per heavy atom. The van der Waals surface area contributed by atoms with E-state index in [-0.39, 0.29) is 11.6 Å². The molecule has 2 rings (SSSR count). The standard InChI is InChI=1S/C11H10Cl2FNO3S/c1-15(6-2-3-6)11(16)8-4-7(19(13,17)18)5-9(14)10(8)12/h4-6H,2-3H2,1H3. The minimum Gasteiger partial charge on any atom is -0.339 e. The van der Waals surface area contributed by atoms with E-state index in [1.54, 1.807) is 7.05 Å². The van der Waals surface area contributed by atoms with E-state index in [0.717, 1.165) is 18.9 Å². The first kappa shape index (κ1) is 14.6. The number of hydrogen-bond donors (Lipinski definition) is 0. The normalized spacial score (nSPS) is 15.4. The summed E-state index contributed by atoms with van der Waals surface area (Å²) in [5.41, 5.74) is -0.199. The van der Waals surface area contributed by atoms with Crippen LogP contribution in [-0.2, 0) is 9.05 Å². The number of benzene rings is 1. The van der Waals surface area contributed by atoms with Crippen LogP contribution in [0.5, 0.6) is 0 Å². The minimum absolute atomic E-state index is 0.0999. The molecule has 0 aromatic heterocycles. The van der Waals surface area contributed by atoms with E-state index in [0.29, 0.717) is 6.07 Å². The van der Waals surface area contributed by atoms with Crippen molar-refractivity contribution in [3.8, 4) is 0 Å². The summed E-state index contributed by atoms with van der Waals surface area (Å²) in [5.74, 6) is -1.51. The first-order chi connectivity index (χ1) is 8.71. The molecule has 19 heavy (non-hydrogen) atoms. The maximum atomic E-state index is 13.6. The molecule has 0 unspecified atom stereocenters. The van der Waals surface area contributed by atoms with Gasteiger partial charge >= 0.3 is 0 Å². The van der Waals surface area contributed by atoms with Gasteiger partial charge in [-0.15, -0.1) is 0 Å². The second-order valence-corrected chi connectivity index (χ2v) is 7.30. The quantitative estimate of drug-likeness (QED) is 0.803. The van der Waals surface area contributed by atoms with Crippen LogP contribution in [0.4, 0.5) is 4.39 Å². The number of carbonyl (C=O) groups is 1. The van der Waals surface area contributed by atoms with Gasteiger partial charge in [0, 0.05) is 23.8 Å². The van der Waals surface area contributed by atoms with Crippen LogP contribution < -0.4 is 0 Å². The van der Waals surface area contributed by atoms with Crippen molar-refractivity contribution in [2.24, 2.45) is 0 Å². The summed E-state index contributed by atoms with van der Waals surface area (Å²) >= 11 is 5.72. The van der Waals surface area contributed by atoms with Crippen molar-refractivity contribution in [2.45, 2.75) is 23.8 Å². The van der Waals surface area contributed by atoms with Crippen LogP contribution in [-0.4, -0.2) is 32.3 Å². The number of rotatable bonds is 3. The second-order valence-electron chi connectivity index (χ2n) is 4.35. The summed E-state index contributed by atoms with van der Waals surface area (Å²) in [6, 6.07) is 1.79. The highest BCUT2D eigenvalue weighted by atomic mass is 35.7. The zero-order valence-corrected chi connectivity index (χ0v) is 12.2. The van der Waals surface area contributed by atoms with Gasteiger partial charge in [0.05, 0.1) is 15.5 Å². The third-order valence-corrected chi connectivity index (χ3v) is 4.65. The molecule has 0 saturated heterocycles. The average Bonchev–Trinajstić information content (AvgIpc) is 3.13. The fourth-order valence-electron chi connectivity index (χ4n) is 1.68. The topological polar surface area (TPSA) is 54.5 Å². The van der Waals surface area contributed by atoms with Gasteiger partial charge in [0.15, 0.2) is 0 Å². The van der Waals surface area contributed by atoms with Gasteiger partial charge in [-0.2, -0.15) is 0 Å². The Kier molecular flexibility index (Phi) is 3.77. The average molecular weight is 326 g/mol. The monoisotopic (exact) mass is 325 g/mol. The van der Waals surface area contributed by atoms with E-state index in [4.69, 9.17) is 22.3 Å². The molecule has 1 aromatic rings. The Morgan fingerprint density at radius 3 is 2.47 bits per heavy atom. The number of nitrogens with zero attached hydrogens (tertiary/aromatic N) is 1. The van der Waals surface area contributed by atoms with Crippen LogP contribution in [0.1, 0.15) is 23.2 Å². The molecule has 1 aliphatic carbocycles. The van der Waals surface area contributed by atoms with Crippen LogP contribution in [0.15, 0.2) is 17.0 Å². The highest BCUT2D eigenvalue weighted by molar-refractivity contribution is 8.13. The van der Waals surface area contributed by atoms with Gasteiger partial charge in [0.1, 0.15) is 5.82 Å². The van der Waals surface area contributed by atoms with Crippen molar-refractivity contribution in [1.82, 2.24) is 4.90 Å². The zero-order chi connectivity index (χ0) is 14.4. The minimum atomic E-state index is -4.13. The van der Waals surface area contributed by atoms with E-state index in [1.165, 1.54) is 4.90 Å². The molecule has 0 spiro atoms. The maximum absolute atomic E-state index is 13.6. The van der Waals surface area contributed by atoms with Gasteiger partial charge in [-0.3, -0.25) is 4.79 Å². The van der Waals surface area contributed by atoms with E-state index in [2.05, 4.69) is 0 Å². The lowest BCUT2D eigenvalue weighted by atomic mass is 10.2. The van der Waals surface area contributed by atoms with Gasteiger partial charge in [0.2, 0.25) is 0 Å². The fraction of sp³-hybridized carbons (Fsp3) is 0.364. The van der Waals surface area contributed by atoms with Crippen LogP contribution >= 0.6 is 22.3 Å². The van der Waals surface area contributed by atoms with Crippen molar-refractivity contribution in [3.05, 3.63) is 28.5 Å². The predicted molar refractivity (Wildman–Crippen MR) is 69.6 cm³/mol. The molecule has 4 nitrogen and oxygen atoms in total. The first-order valence-electron chi connectivity index (χ1n) is 5.42. The lowest BCUT2D eigenvalue weighted by Crippen LogP contribution is -2.29. The molecule has 1 fully saturated rings. The molecule has 0 radical (unpaired) electrons. The second kappa shape index (κ2) is 4.92. The van der Waals surface area contributed by atoms with Gasteiger partial charge in [-0.05, 0) is 25.0 Å². The van der Waals surface area contributed by atoms with Gasteiger partial charge in [-0.25, -0.2) is 12.8 Å². The number of halogens is 3. The third-order valence-electron chi connectivity index (χ3n) is 2.93. The molecule has 1 saturated carbocycles. The summed E-state index contributed by atoms with van der Waals surface area (Å²) < 4.78 is 36.0. The molecule has 1 aliphatic rings. The number of hydrogen-bond acceptors (Lipinski definition) is 3. The lowest BCUT2D eigenvalue weighted by molar-refractivity contribution is 0.0784. The summed E-state index contributed by atoms with van der Waals surface area (Å²) in [5, 5.41) is -0.401. The zero-order valence-electron chi connectivity index (χ0n) is 9.86. The summed E-state index contributed by atoms with van der Waals surface area (Å²) in [4.78, 5) is 13.1. The van der Waals surface area contributed by atoms with E-state index < -0.39 is 30.7 Å². The maximum Gasteiger partial charge on any atom is 0.261 e. The summed E-state index contributed by atoms with van der Waals surface area (Å²) in [6.45, 7) is 0. The molecule has 0 aliphatic heterocycles. The van der Waals surface area contributed by atoms with E-state index >= 15 is 0 Å². The Balaban J connectivity index is 2.49. The van der Waals surface area contributed by atoms with Crippen molar-refractivity contribution in [2.75, 3.05) is 7.05 Å². The van der Waals surface area contributed by atoms with Crippen molar-refractivity contribution in [1.29, 1.82) is 0 Å². The smallest absolute Gasteiger partial charge is 0.261 e. The molecule has 0 bridgehead atoms. The third kappa shape index (κ3) is 3.01. The Bertz CT molecular complexity index is 644. The van der Waals surface area contributed by atoms with Gasteiger partial charge < -0.3 is 4.90 Å². The molecule has 0 atom stereocenters. The van der Waals surface area contributed by atoms with Crippen LogP contribution in [0.3, 0.4) is 0 Å². The van der Waals surface area contributed by atoms with Gasteiger partial charge in [-0.1, -0.05) is 11.6 Å². The van der Waals surface area contributed by atoms with E-state index in [1.807, 2.05) is 0 Å². The van der Waals surface area contributed by atoms with Crippen molar-refractivity contribution >= 4 is 37.2 Å². The highest BCUT2D eigenvalue weighted by Crippen LogP contribution is 2.31.